The predicted octanol–water partition coefficient (Wildman–Crippen LogP) is 2.21. The first-order valence-electron chi connectivity index (χ1n) is 8.52. The summed E-state index contributed by atoms with van der Waals surface area (Å²) >= 11 is 0. The average Bonchev–Trinajstić information content (AvgIpc) is 2.57. The largest absolute Gasteiger partial charge is 0.490 e. The molecular formula is C18H28N2O3. The Bertz CT molecular complexity index is 513. The Morgan fingerprint density at radius 1 is 1.17 bits per heavy atom. The van der Waals surface area contributed by atoms with E-state index in [1.165, 1.54) is 0 Å². The van der Waals surface area contributed by atoms with Gasteiger partial charge in [0.15, 0.2) is 17.3 Å². The monoisotopic (exact) mass is 320 g/mol. The Kier molecular flexibility index (Phi) is 6.86. The molecular weight excluding hydrogens is 292 g/mol. The van der Waals surface area contributed by atoms with E-state index in [9.17, 15) is 4.79 Å². The zero-order valence-corrected chi connectivity index (χ0v) is 14.4. The second kappa shape index (κ2) is 8.89. The molecule has 1 N–H and O–H groups in total. The summed E-state index contributed by atoms with van der Waals surface area (Å²) in [5, 5.41) is 3.33. The average molecular weight is 320 g/mol. The first kappa shape index (κ1) is 17.8. The van der Waals surface area contributed by atoms with Crippen LogP contribution in [0.2, 0.25) is 0 Å². The minimum Gasteiger partial charge on any atom is -0.490 e. The predicted molar refractivity (Wildman–Crippen MR) is 91.6 cm³/mol. The fourth-order valence-electron chi connectivity index (χ4n) is 2.85. The third-order valence-corrected chi connectivity index (χ3v) is 4.02. The number of nitrogens with zero attached hydrogens (tertiary/aromatic N) is 1. The fraction of sp³-hybridized carbons (Fsp3) is 0.611. The number of ether oxygens (including phenoxy) is 2. The van der Waals surface area contributed by atoms with Gasteiger partial charge in [-0.2, -0.15) is 0 Å². The van der Waals surface area contributed by atoms with Crippen molar-refractivity contribution in [3.8, 4) is 11.5 Å². The van der Waals surface area contributed by atoms with Crippen molar-refractivity contribution in [1.82, 2.24) is 10.2 Å². The Labute approximate surface area is 139 Å². The van der Waals surface area contributed by atoms with Crippen LogP contribution in [0.15, 0.2) is 18.2 Å². The molecule has 1 saturated heterocycles. The summed E-state index contributed by atoms with van der Waals surface area (Å²) in [6.07, 6.45) is 0. The van der Waals surface area contributed by atoms with Crippen LogP contribution in [0.1, 0.15) is 31.1 Å². The highest BCUT2D eigenvalue weighted by molar-refractivity contribution is 5.98. The first-order valence-corrected chi connectivity index (χ1v) is 8.52. The highest BCUT2D eigenvalue weighted by atomic mass is 16.5. The Hall–Kier alpha value is -1.59. The highest BCUT2D eigenvalue weighted by Gasteiger charge is 2.21. The number of rotatable bonds is 8. The van der Waals surface area contributed by atoms with Gasteiger partial charge >= 0.3 is 0 Å². The molecule has 1 fully saturated rings. The van der Waals surface area contributed by atoms with Crippen LogP contribution in [0.3, 0.4) is 0 Å². The van der Waals surface area contributed by atoms with Gasteiger partial charge in [0, 0.05) is 44.2 Å². The van der Waals surface area contributed by atoms with Gasteiger partial charge in [-0.05, 0) is 32.0 Å². The van der Waals surface area contributed by atoms with Gasteiger partial charge in [-0.1, -0.05) is 6.92 Å². The van der Waals surface area contributed by atoms with Crippen LogP contribution in [0.4, 0.5) is 0 Å². The van der Waals surface area contributed by atoms with E-state index in [2.05, 4.69) is 10.2 Å². The van der Waals surface area contributed by atoms with Gasteiger partial charge in [0.05, 0.1) is 13.2 Å². The van der Waals surface area contributed by atoms with Crippen LogP contribution >= 0.6 is 0 Å². The third-order valence-electron chi connectivity index (χ3n) is 4.02. The number of benzene rings is 1. The van der Waals surface area contributed by atoms with Gasteiger partial charge in [0.25, 0.3) is 0 Å². The van der Waals surface area contributed by atoms with Gasteiger partial charge in [0.2, 0.25) is 0 Å². The molecule has 1 atom stereocenters. The molecule has 0 amide bonds. The van der Waals surface area contributed by atoms with Crippen LogP contribution in [0.5, 0.6) is 11.5 Å². The molecule has 0 radical (unpaired) electrons. The molecule has 0 aromatic heterocycles. The standard InChI is InChI=1S/C18H28N2O3/c1-4-22-16-7-6-15(12-17(16)23-5-2)18(21)14(3)13-20-10-8-19-9-11-20/h6-7,12,14,19H,4-5,8-11,13H2,1-3H3. The molecule has 1 aliphatic rings. The first-order chi connectivity index (χ1) is 11.2. The maximum Gasteiger partial charge on any atom is 0.167 e. The number of hydrogen-bond acceptors (Lipinski definition) is 5. The molecule has 0 spiro atoms. The van der Waals surface area contributed by atoms with Gasteiger partial charge in [-0.3, -0.25) is 4.79 Å². The molecule has 23 heavy (non-hydrogen) atoms. The molecule has 0 aliphatic carbocycles. The zero-order valence-electron chi connectivity index (χ0n) is 14.4. The summed E-state index contributed by atoms with van der Waals surface area (Å²) in [6.45, 7) is 11.8. The molecule has 0 bridgehead atoms. The topological polar surface area (TPSA) is 50.8 Å². The lowest BCUT2D eigenvalue weighted by Crippen LogP contribution is -2.45. The maximum atomic E-state index is 12.7. The number of nitrogens with one attached hydrogen (secondary N) is 1. The lowest BCUT2D eigenvalue weighted by atomic mass is 9.98. The molecule has 1 unspecified atom stereocenters. The van der Waals surface area contributed by atoms with Crippen molar-refractivity contribution in [2.75, 3.05) is 45.9 Å². The van der Waals surface area contributed by atoms with Gasteiger partial charge in [-0.15, -0.1) is 0 Å². The van der Waals surface area contributed by atoms with Crippen molar-refractivity contribution in [3.63, 3.8) is 0 Å². The van der Waals surface area contributed by atoms with E-state index >= 15 is 0 Å². The van der Waals surface area contributed by atoms with Crippen molar-refractivity contribution in [2.24, 2.45) is 5.92 Å². The van der Waals surface area contributed by atoms with Crippen molar-refractivity contribution < 1.29 is 14.3 Å². The van der Waals surface area contributed by atoms with E-state index < -0.39 is 0 Å². The highest BCUT2D eigenvalue weighted by Crippen LogP contribution is 2.29. The molecule has 5 heteroatoms. The van der Waals surface area contributed by atoms with E-state index in [1.807, 2.05) is 39.0 Å². The van der Waals surface area contributed by atoms with Gasteiger partial charge < -0.3 is 19.7 Å². The van der Waals surface area contributed by atoms with Crippen LogP contribution in [0, 0.1) is 5.92 Å². The summed E-state index contributed by atoms with van der Waals surface area (Å²) in [6, 6.07) is 5.48. The quantitative estimate of drug-likeness (QED) is 0.744. The third kappa shape index (κ3) is 4.94. The molecule has 128 valence electrons. The zero-order chi connectivity index (χ0) is 16.7. The minimum absolute atomic E-state index is 0.0273. The van der Waals surface area contributed by atoms with Crippen LogP contribution < -0.4 is 14.8 Å². The van der Waals surface area contributed by atoms with Crippen molar-refractivity contribution in [1.29, 1.82) is 0 Å². The Morgan fingerprint density at radius 3 is 2.48 bits per heavy atom. The number of carbonyl (C=O) groups excluding carboxylic acids is 1. The molecule has 1 aromatic carbocycles. The van der Waals surface area contributed by atoms with E-state index in [1.54, 1.807) is 0 Å². The smallest absolute Gasteiger partial charge is 0.167 e. The van der Waals surface area contributed by atoms with Gasteiger partial charge in [-0.25, -0.2) is 0 Å². The second-order valence-corrected chi connectivity index (χ2v) is 5.84. The number of ketones is 1. The van der Waals surface area contributed by atoms with Crippen LogP contribution in [-0.4, -0.2) is 56.6 Å². The minimum atomic E-state index is -0.0273. The molecule has 1 aliphatic heterocycles. The molecule has 0 saturated carbocycles. The van der Waals surface area contributed by atoms with Crippen molar-refractivity contribution in [2.45, 2.75) is 20.8 Å². The Balaban J connectivity index is 2.06. The Morgan fingerprint density at radius 2 is 1.83 bits per heavy atom. The SMILES string of the molecule is CCOc1ccc(C(=O)C(C)CN2CCNCC2)cc1OCC. The summed E-state index contributed by atoms with van der Waals surface area (Å²) in [5.41, 5.74) is 0.694. The van der Waals surface area contributed by atoms with Crippen molar-refractivity contribution >= 4 is 5.78 Å². The lowest BCUT2D eigenvalue weighted by Gasteiger charge is -2.29. The van der Waals surface area contributed by atoms with Crippen LogP contribution in [0.25, 0.3) is 0 Å². The maximum absolute atomic E-state index is 12.7. The summed E-state index contributed by atoms with van der Waals surface area (Å²) < 4.78 is 11.2. The molecule has 2 rings (SSSR count). The fourth-order valence-corrected chi connectivity index (χ4v) is 2.85. The van der Waals surface area contributed by atoms with Crippen LogP contribution in [-0.2, 0) is 0 Å². The number of hydrogen-bond donors (Lipinski definition) is 1. The lowest BCUT2D eigenvalue weighted by molar-refractivity contribution is 0.0887. The normalized spacial score (nSPS) is 16.8. The molecule has 5 nitrogen and oxygen atoms in total. The summed E-state index contributed by atoms with van der Waals surface area (Å²) in [7, 11) is 0. The molecule has 1 aromatic rings. The second-order valence-electron chi connectivity index (χ2n) is 5.84. The van der Waals surface area contributed by atoms with E-state index in [-0.39, 0.29) is 11.7 Å². The molecule has 1 heterocycles. The number of Topliss-reactive ketones (excluding diaryl/α,β-unsaturated/α-hetero) is 1. The van der Waals surface area contributed by atoms with Gasteiger partial charge in [0.1, 0.15) is 0 Å². The summed E-state index contributed by atoms with van der Waals surface area (Å²) in [5.74, 6) is 1.48. The van der Waals surface area contributed by atoms with Crippen molar-refractivity contribution in [3.05, 3.63) is 23.8 Å². The number of carbonyl (C=O) groups is 1. The van der Waals surface area contributed by atoms with E-state index in [4.69, 9.17) is 9.47 Å². The number of piperazine rings is 1. The van der Waals surface area contributed by atoms with E-state index in [0.717, 1.165) is 32.7 Å². The summed E-state index contributed by atoms with van der Waals surface area (Å²) in [4.78, 5) is 15.0. The van der Waals surface area contributed by atoms with E-state index in [0.29, 0.717) is 30.3 Å².